The maximum Gasteiger partial charge on any atom is 0.305 e. The molecule has 0 radical (unpaired) electrons. The first kappa shape index (κ1) is 80.8. The minimum atomic E-state index is -0.663. The first-order chi connectivity index (χ1) is 41.0. The van der Waals surface area contributed by atoms with Crippen molar-refractivity contribution in [3.63, 3.8) is 0 Å². The van der Waals surface area contributed by atoms with E-state index in [-0.39, 0.29) is 18.5 Å². The first-order valence-electron chi connectivity index (χ1n) is 37.4. The third-order valence-electron chi connectivity index (χ3n) is 17.4. The molecule has 0 aliphatic rings. The van der Waals surface area contributed by atoms with E-state index >= 15 is 0 Å². The van der Waals surface area contributed by atoms with Crippen LogP contribution in [0.1, 0.15) is 406 Å². The normalized spacial score (nSPS) is 12.8. The Bertz CT molecular complexity index is 1390. The maximum atomic E-state index is 12.5. The van der Waals surface area contributed by atoms with Crippen molar-refractivity contribution in [3.05, 3.63) is 48.6 Å². The fourth-order valence-corrected chi connectivity index (χ4v) is 11.6. The van der Waals surface area contributed by atoms with Gasteiger partial charge in [-0.15, -0.1) is 0 Å². The summed E-state index contributed by atoms with van der Waals surface area (Å²) in [5.74, 6) is -0.0213. The van der Waals surface area contributed by atoms with Gasteiger partial charge in [-0.05, 0) is 89.9 Å². The zero-order valence-electron chi connectivity index (χ0n) is 55.9. The molecule has 0 bridgehead atoms. The van der Waals surface area contributed by atoms with E-state index in [0.29, 0.717) is 25.9 Å². The molecule has 0 aromatic carbocycles. The molecule has 0 saturated carbocycles. The molecule has 6 heteroatoms. The van der Waals surface area contributed by atoms with Gasteiger partial charge in [-0.25, -0.2) is 0 Å². The number of hydrogen-bond donors (Lipinski definition) is 3. The molecule has 3 N–H and O–H groups in total. The topological polar surface area (TPSA) is 95.9 Å². The standard InChI is InChI=1S/C77H145NO5/c1-3-5-7-9-11-13-15-17-19-39-43-47-51-55-59-63-67-71-77(82)83-72-68-64-60-56-52-48-44-41-38-36-34-32-30-28-26-24-22-20-21-23-25-27-29-31-33-35-37-40-42-46-50-54-58-62-66-70-76(81)78-74(73-79)75(80)69-65-61-57-53-49-45-18-16-14-12-10-8-6-4-2/h11,13,17,19,22,24,28,30,74-75,79-80H,3-10,12,14-16,18,20-21,23,25-27,29,31-73H2,1-2H3,(H,78,81)/b13-11-,19-17-,24-22-,30-28-. The summed E-state index contributed by atoms with van der Waals surface area (Å²) in [5, 5.41) is 23.3. The van der Waals surface area contributed by atoms with Crippen LogP contribution < -0.4 is 5.32 Å². The van der Waals surface area contributed by atoms with Crippen LogP contribution in [-0.2, 0) is 14.3 Å². The molecule has 2 atom stereocenters. The quantitative estimate of drug-likeness (QED) is 0.0320. The Hall–Kier alpha value is -2.18. The van der Waals surface area contributed by atoms with Gasteiger partial charge in [0, 0.05) is 12.8 Å². The number of rotatable bonds is 70. The lowest BCUT2D eigenvalue weighted by atomic mass is 10.0. The largest absolute Gasteiger partial charge is 0.466 e. The monoisotopic (exact) mass is 1160 g/mol. The van der Waals surface area contributed by atoms with E-state index in [9.17, 15) is 19.8 Å². The second kappa shape index (κ2) is 72.3. The van der Waals surface area contributed by atoms with Crippen LogP contribution in [0.4, 0.5) is 0 Å². The van der Waals surface area contributed by atoms with Gasteiger partial charge in [0.1, 0.15) is 0 Å². The number of ether oxygens (including phenoxy) is 1. The second-order valence-electron chi connectivity index (χ2n) is 25.6. The summed E-state index contributed by atoms with van der Waals surface area (Å²) in [6.07, 6.45) is 94.7. The van der Waals surface area contributed by atoms with E-state index in [1.807, 2.05) is 0 Å². The van der Waals surface area contributed by atoms with Crippen LogP contribution in [0.3, 0.4) is 0 Å². The predicted octanol–water partition coefficient (Wildman–Crippen LogP) is 24.4. The summed E-state index contributed by atoms with van der Waals surface area (Å²) in [6.45, 7) is 4.95. The predicted molar refractivity (Wildman–Crippen MR) is 366 cm³/mol. The average molecular weight is 1170 g/mol. The summed E-state index contributed by atoms with van der Waals surface area (Å²) >= 11 is 0. The molecular weight excluding hydrogens is 1020 g/mol. The molecule has 0 aliphatic heterocycles. The Morgan fingerprint density at radius 1 is 0.337 bits per heavy atom. The van der Waals surface area contributed by atoms with Crippen LogP contribution >= 0.6 is 0 Å². The van der Waals surface area contributed by atoms with E-state index in [0.717, 1.165) is 57.8 Å². The van der Waals surface area contributed by atoms with E-state index in [4.69, 9.17) is 4.74 Å². The van der Waals surface area contributed by atoms with Gasteiger partial charge < -0.3 is 20.3 Å². The van der Waals surface area contributed by atoms with Crippen LogP contribution in [0, 0.1) is 0 Å². The van der Waals surface area contributed by atoms with Crippen LogP contribution in [0.5, 0.6) is 0 Å². The molecule has 83 heavy (non-hydrogen) atoms. The smallest absolute Gasteiger partial charge is 0.305 e. The molecule has 0 fully saturated rings. The molecular formula is C77H145NO5. The molecule has 0 aromatic rings. The number of carbonyl (C=O) groups is 2. The summed E-state index contributed by atoms with van der Waals surface area (Å²) < 4.78 is 5.50. The van der Waals surface area contributed by atoms with Crippen molar-refractivity contribution in [1.29, 1.82) is 0 Å². The first-order valence-corrected chi connectivity index (χ1v) is 37.4. The highest BCUT2D eigenvalue weighted by Gasteiger charge is 2.20. The Morgan fingerprint density at radius 3 is 0.940 bits per heavy atom. The molecule has 0 heterocycles. The molecule has 6 nitrogen and oxygen atoms in total. The van der Waals surface area contributed by atoms with Crippen molar-refractivity contribution in [1.82, 2.24) is 5.32 Å². The van der Waals surface area contributed by atoms with E-state index in [2.05, 4.69) is 67.8 Å². The summed E-state index contributed by atoms with van der Waals surface area (Å²) in [7, 11) is 0. The summed E-state index contributed by atoms with van der Waals surface area (Å²) in [5.41, 5.74) is 0. The number of hydrogen-bond acceptors (Lipinski definition) is 5. The highest BCUT2D eigenvalue weighted by Crippen LogP contribution is 2.19. The van der Waals surface area contributed by atoms with Crippen LogP contribution in [0.25, 0.3) is 0 Å². The number of esters is 1. The third-order valence-corrected chi connectivity index (χ3v) is 17.4. The van der Waals surface area contributed by atoms with Gasteiger partial charge in [-0.1, -0.05) is 351 Å². The fraction of sp³-hybridized carbons (Fsp3) is 0.870. The Morgan fingerprint density at radius 2 is 0.602 bits per heavy atom. The molecule has 488 valence electrons. The number of aliphatic hydroxyl groups is 2. The number of amides is 1. The number of carbonyl (C=O) groups excluding carboxylic acids is 2. The second-order valence-corrected chi connectivity index (χ2v) is 25.6. The van der Waals surface area contributed by atoms with E-state index in [1.165, 1.54) is 315 Å². The molecule has 0 saturated heterocycles. The number of nitrogens with one attached hydrogen (secondary N) is 1. The summed E-state index contributed by atoms with van der Waals surface area (Å²) in [4.78, 5) is 24.6. The number of unbranched alkanes of at least 4 members (excludes halogenated alkanes) is 51. The van der Waals surface area contributed by atoms with Gasteiger partial charge in [0.2, 0.25) is 5.91 Å². The van der Waals surface area contributed by atoms with Crippen LogP contribution in [0.15, 0.2) is 48.6 Å². The molecule has 0 rings (SSSR count). The van der Waals surface area contributed by atoms with Crippen molar-refractivity contribution in [2.45, 2.75) is 418 Å². The van der Waals surface area contributed by atoms with Crippen molar-refractivity contribution in [3.8, 4) is 0 Å². The molecule has 0 spiro atoms. The fourth-order valence-electron chi connectivity index (χ4n) is 11.6. The van der Waals surface area contributed by atoms with Gasteiger partial charge in [0.25, 0.3) is 0 Å². The highest BCUT2D eigenvalue weighted by molar-refractivity contribution is 5.76. The van der Waals surface area contributed by atoms with Crippen LogP contribution in [-0.4, -0.2) is 47.4 Å². The average Bonchev–Trinajstić information content (AvgIpc) is 3.49. The molecule has 1 amide bonds. The van der Waals surface area contributed by atoms with Crippen LogP contribution in [0.2, 0.25) is 0 Å². The van der Waals surface area contributed by atoms with E-state index < -0.39 is 12.1 Å². The lowest BCUT2D eigenvalue weighted by molar-refractivity contribution is -0.143. The van der Waals surface area contributed by atoms with Crippen molar-refractivity contribution < 1.29 is 24.5 Å². The van der Waals surface area contributed by atoms with Crippen molar-refractivity contribution in [2.24, 2.45) is 0 Å². The third kappa shape index (κ3) is 68.8. The van der Waals surface area contributed by atoms with Gasteiger partial charge >= 0.3 is 5.97 Å². The number of aliphatic hydroxyl groups excluding tert-OH is 2. The lowest BCUT2D eigenvalue weighted by Gasteiger charge is -2.22. The molecule has 0 aromatic heterocycles. The molecule has 0 aliphatic carbocycles. The van der Waals surface area contributed by atoms with Crippen molar-refractivity contribution in [2.75, 3.05) is 13.2 Å². The lowest BCUT2D eigenvalue weighted by Crippen LogP contribution is -2.45. The number of allylic oxidation sites excluding steroid dienone is 8. The zero-order chi connectivity index (χ0) is 59.9. The SMILES string of the molecule is CCCCC/C=C\C/C=C\CCCCCCCCCC(=O)OCCCCCCCCCCCCC/C=C\C/C=C\CCCCCCCCCCCCCCCCCCCC(=O)NC(CO)C(O)CCCCCCCCCCCCCCCC. The Labute approximate surface area is 518 Å². The Kier molecular flexibility index (Phi) is 70.4. The molecule has 2 unspecified atom stereocenters. The van der Waals surface area contributed by atoms with Gasteiger partial charge in [-0.3, -0.25) is 9.59 Å². The summed E-state index contributed by atoms with van der Waals surface area (Å²) in [6, 6.07) is -0.540. The minimum Gasteiger partial charge on any atom is -0.466 e. The minimum absolute atomic E-state index is 0.00922. The highest BCUT2D eigenvalue weighted by atomic mass is 16.5. The van der Waals surface area contributed by atoms with E-state index in [1.54, 1.807) is 0 Å². The van der Waals surface area contributed by atoms with Crippen molar-refractivity contribution >= 4 is 11.9 Å². The van der Waals surface area contributed by atoms with Gasteiger partial charge in [-0.2, -0.15) is 0 Å². The Balaban J connectivity index is 3.36. The zero-order valence-corrected chi connectivity index (χ0v) is 55.9. The van der Waals surface area contributed by atoms with Gasteiger partial charge in [0.05, 0.1) is 25.4 Å². The maximum absolute atomic E-state index is 12.5. The van der Waals surface area contributed by atoms with Gasteiger partial charge in [0.15, 0.2) is 0 Å².